The van der Waals surface area contributed by atoms with Gasteiger partial charge in [-0.2, -0.15) is 0 Å². The minimum Gasteiger partial charge on any atom is -0.374 e. The van der Waals surface area contributed by atoms with Gasteiger partial charge >= 0.3 is 6.03 Å². The minimum atomic E-state index is -0.476. The molecule has 0 aliphatic carbocycles. The van der Waals surface area contributed by atoms with Crippen molar-refractivity contribution in [2.75, 3.05) is 18.4 Å². The van der Waals surface area contributed by atoms with E-state index in [1.165, 1.54) is 21.3 Å². The van der Waals surface area contributed by atoms with E-state index < -0.39 is 6.04 Å². The highest BCUT2D eigenvalue weighted by molar-refractivity contribution is 6.09. The highest BCUT2D eigenvalue weighted by Crippen LogP contribution is 2.31. The normalized spacial score (nSPS) is 15.5. The molecule has 1 atom stereocenters. The van der Waals surface area contributed by atoms with Gasteiger partial charge in [0.2, 0.25) is 0 Å². The number of hydrogen-bond donors (Lipinski definition) is 2. The van der Waals surface area contributed by atoms with E-state index in [2.05, 4.69) is 46.4 Å². The van der Waals surface area contributed by atoms with Crippen LogP contribution in [0.4, 0.5) is 10.5 Å². The number of nitrogens with zero attached hydrogens (tertiary/aromatic N) is 2. The number of para-hydroxylation sites is 1. The third kappa shape index (κ3) is 2.58. The van der Waals surface area contributed by atoms with Crippen molar-refractivity contribution in [2.24, 2.45) is 0 Å². The van der Waals surface area contributed by atoms with E-state index in [-0.39, 0.29) is 11.9 Å². The predicted octanol–water partition coefficient (Wildman–Crippen LogP) is 3.17. The number of anilines is 1. The van der Waals surface area contributed by atoms with Crippen molar-refractivity contribution >= 4 is 39.4 Å². The van der Waals surface area contributed by atoms with Gasteiger partial charge in [-0.25, -0.2) is 4.79 Å². The highest BCUT2D eigenvalue weighted by Gasteiger charge is 2.29. The summed E-state index contributed by atoms with van der Waals surface area (Å²) in [5.41, 5.74) is 3.26. The maximum atomic E-state index is 12.5. The lowest BCUT2D eigenvalue weighted by Gasteiger charge is -2.19. The summed E-state index contributed by atoms with van der Waals surface area (Å²) in [5, 5.41) is 8.26. The predicted molar refractivity (Wildman–Crippen MR) is 103 cm³/mol. The Morgan fingerprint density at radius 1 is 1.19 bits per heavy atom. The largest absolute Gasteiger partial charge is 0.374 e. The van der Waals surface area contributed by atoms with Gasteiger partial charge < -0.3 is 15.2 Å². The van der Waals surface area contributed by atoms with E-state index in [0.29, 0.717) is 13.1 Å². The van der Waals surface area contributed by atoms with Crippen LogP contribution in [0, 0.1) is 0 Å². The first kappa shape index (κ1) is 16.4. The summed E-state index contributed by atoms with van der Waals surface area (Å²) >= 11 is 0. The Morgan fingerprint density at radius 2 is 1.96 bits per heavy atom. The zero-order valence-corrected chi connectivity index (χ0v) is 15.0. The molecule has 1 fully saturated rings. The lowest BCUT2D eigenvalue weighted by Crippen LogP contribution is -2.43. The Morgan fingerprint density at radius 3 is 2.69 bits per heavy atom. The number of nitrogens with one attached hydrogen (secondary N) is 2. The molecule has 1 aromatic heterocycles. The number of rotatable bonds is 4. The van der Waals surface area contributed by atoms with Gasteiger partial charge in [-0.05, 0) is 38.1 Å². The average Bonchev–Trinajstić information content (AvgIpc) is 3.21. The molecular formula is C20H22N4O2. The van der Waals surface area contributed by atoms with Crippen LogP contribution >= 0.6 is 0 Å². The first-order chi connectivity index (χ1) is 12.6. The molecule has 0 bridgehead atoms. The zero-order chi connectivity index (χ0) is 18.3. The Bertz CT molecular complexity index is 1010. The number of carbonyl (C=O) groups is 2. The Kier molecular flexibility index (Phi) is 4.03. The standard InChI is InChI=1S/C20H22N4O2/c1-3-23-17-7-5-4-6-15(17)16-12-14(8-9-18(16)23)22-13(2)19(25)24-11-10-21-20(24)26/h4-9,12-13,22H,3,10-11H2,1-2H3,(H,21,26)/t13-/m0/s1. The minimum absolute atomic E-state index is 0.212. The van der Waals surface area contributed by atoms with Gasteiger partial charge in [-0.1, -0.05) is 18.2 Å². The summed E-state index contributed by atoms with van der Waals surface area (Å²) in [6.45, 7) is 5.76. The van der Waals surface area contributed by atoms with Crippen LogP contribution in [0.2, 0.25) is 0 Å². The van der Waals surface area contributed by atoms with Gasteiger partial charge in [0.15, 0.2) is 0 Å². The summed E-state index contributed by atoms with van der Waals surface area (Å²) < 4.78 is 2.29. The molecule has 1 aliphatic heterocycles. The summed E-state index contributed by atoms with van der Waals surface area (Å²) in [6, 6.07) is 13.7. The van der Waals surface area contributed by atoms with Crippen LogP contribution < -0.4 is 10.6 Å². The number of hydrogen-bond acceptors (Lipinski definition) is 3. The molecule has 2 N–H and O–H groups in total. The van der Waals surface area contributed by atoms with Crippen LogP contribution in [-0.4, -0.2) is 40.5 Å². The molecule has 0 unspecified atom stereocenters. The van der Waals surface area contributed by atoms with Crippen molar-refractivity contribution in [3.63, 3.8) is 0 Å². The number of fused-ring (bicyclic) bond motifs is 3. The summed E-state index contributed by atoms with van der Waals surface area (Å²) in [4.78, 5) is 25.4. The average molecular weight is 350 g/mol. The molecule has 6 heteroatoms. The topological polar surface area (TPSA) is 66.4 Å². The Balaban J connectivity index is 1.66. The van der Waals surface area contributed by atoms with Gasteiger partial charge in [-0.3, -0.25) is 9.69 Å². The lowest BCUT2D eigenvalue weighted by molar-refractivity contribution is -0.128. The Hall–Kier alpha value is -3.02. The maximum Gasteiger partial charge on any atom is 0.324 e. The molecule has 4 rings (SSSR count). The van der Waals surface area contributed by atoms with Gasteiger partial charge in [-0.15, -0.1) is 0 Å². The van der Waals surface area contributed by atoms with Crippen molar-refractivity contribution in [3.8, 4) is 0 Å². The quantitative estimate of drug-likeness (QED) is 0.759. The van der Waals surface area contributed by atoms with Crippen molar-refractivity contribution in [2.45, 2.75) is 26.4 Å². The van der Waals surface area contributed by atoms with E-state index in [1.54, 1.807) is 6.92 Å². The smallest absolute Gasteiger partial charge is 0.324 e. The van der Waals surface area contributed by atoms with Gasteiger partial charge in [0.05, 0.1) is 0 Å². The van der Waals surface area contributed by atoms with Crippen molar-refractivity contribution in [1.82, 2.24) is 14.8 Å². The van der Waals surface area contributed by atoms with E-state index in [1.807, 2.05) is 18.2 Å². The molecule has 3 aromatic rings. The molecule has 6 nitrogen and oxygen atoms in total. The van der Waals surface area contributed by atoms with E-state index in [4.69, 9.17) is 0 Å². The van der Waals surface area contributed by atoms with Crippen molar-refractivity contribution in [3.05, 3.63) is 42.5 Å². The molecule has 134 valence electrons. The fourth-order valence-corrected chi connectivity index (χ4v) is 3.71. The van der Waals surface area contributed by atoms with Crippen LogP contribution in [-0.2, 0) is 11.3 Å². The molecule has 0 spiro atoms. The highest BCUT2D eigenvalue weighted by atomic mass is 16.2. The number of benzene rings is 2. The van der Waals surface area contributed by atoms with Crippen LogP contribution in [0.15, 0.2) is 42.5 Å². The molecule has 0 radical (unpaired) electrons. The summed E-state index contributed by atoms with van der Waals surface area (Å²) in [7, 11) is 0. The maximum absolute atomic E-state index is 12.5. The number of aryl methyl sites for hydroxylation is 1. The van der Waals surface area contributed by atoms with Gasteiger partial charge in [0.25, 0.3) is 5.91 Å². The first-order valence-corrected chi connectivity index (χ1v) is 8.97. The van der Waals surface area contributed by atoms with E-state index in [9.17, 15) is 9.59 Å². The van der Waals surface area contributed by atoms with Crippen LogP contribution in [0.5, 0.6) is 0 Å². The van der Waals surface area contributed by atoms with Crippen LogP contribution in [0.25, 0.3) is 21.8 Å². The zero-order valence-electron chi connectivity index (χ0n) is 15.0. The molecule has 2 heterocycles. The number of imide groups is 1. The van der Waals surface area contributed by atoms with Crippen molar-refractivity contribution in [1.29, 1.82) is 0 Å². The molecule has 1 saturated heterocycles. The summed E-state index contributed by atoms with van der Waals surface area (Å²) in [5.74, 6) is -0.212. The van der Waals surface area contributed by atoms with Crippen LogP contribution in [0.3, 0.4) is 0 Å². The molecule has 26 heavy (non-hydrogen) atoms. The number of aromatic nitrogens is 1. The molecule has 3 amide bonds. The SMILES string of the molecule is CCn1c2ccccc2c2cc(N[C@@H](C)C(=O)N3CCNC3=O)ccc21. The molecular weight excluding hydrogens is 328 g/mol. The second-order valence-electron chi connectivity index (χ2n) is 6.58. The van der Waals surface area contributed by atoms with Crippen LogP contribution in [0.1, 0.15) is 13.8 Å². The van der Waals surface area contributed by atoms with Crippen molar-refractivity contribution < 1.29 is 9.59 Å². The molecule has 0 saturated carbocycles. The monoisotopic (exact) mass is 350 g/mol. The van der Waals surface area contributed by atoms with E-state index >= 15 is 0 Å². The third-order valence-electron chi connectivity index (χ3n) is 4.97. The number of urea groups is 1. The molecule has 1 aliphatic rings. The number of carbonyl (C=O) groups excluding carboxylic acids is 2. The van der Waals surface area contributed by atoms with E-state index in [0.717, 1.165) is 17.6 Å². The fourth-order valence-electron chi connectivity index (χ4n) is 3.71. The first-order valence-electron chi connectivity index (χ1n) is 8.97. The number of amides is 3. The summed E-state index contributed by atoms with van der Waals surface area (Å²) in [6.07, 6.45) is 0. The fraction of sp³-hybridized carbons (Fsp3) is 0.300. The second kappa shape index (κ2) is 6.37. The second-order valence-corrected chi connectivity index (χ2v) is 6.58. The third-order valence-corrected chi connectivity index (χ3v) is 4.97. The molecule has 2 aromatic carbocycles. The Labute approximate surface area is 151 Å². The van der Waals surface area contributed by atoms with Gasteiger partial charge in [0, 0.05) is 47.1 Å². The lowest BCUT2D eigenvalue weighted by atomic mass is 10.1. The van der Waals surface area contributed by atoms with Gasteiger partial charge in [0.1, 0.15) is 6.04 Å².